The number of pyridine rings is 1. The second-order valence-corrected chi connectivity index (χ2v) is 6.76. The zero-order valence-electron chi connectivity index (χ0n) is 15.5. The fourth-order valence-electron chi connectivity index (χ4n) is 3.66. The van der Waals surface area contributed by atoms with Crippen LogP contribution in [0.1, 0.15) is 28.4 Å². The van der Waals surface area contributed by atoms with Crippen molar-refractivity contribution in [3.05, 3.63) is 66.0 Å². The highest BCUT2D eigenvalue weighted by Gasteiger charge is 2.29. The van der Waals surface area contributed by atoms with Crippen LogP contribution < -0.4 is 9.47 Å². The van der Waals surface area contributed by atoms with Gasteiger partial charge < -0.3 is 14.4 Å². The zero-order chi connectivity index (χ0) is 18.8. The summed E-state index contributed by atoms with van der Waals surface area (Å²) < 4.78 is 10.6. The highest BCUT2D eigenvalue weighted by atomic mass is 16.5. The molecule has 3 aromatic rings. The van der Waals surface area contributed by atoms with E-state index in [-0.39, 0.29) is 11.8 Å². The number of carbonyl (C=O) groups excluding carboxylic acids is 1. The minimum atomic E-state index is 0.0132. The predicted octanol–water partition coefficient (Wildman–Crippen LogP) is 3.88. The van der Waals surface area contributed by atoms with E-state index in [1.54, 1.807) is 32.4 Å². The molecule has 1 saturated heterocycles. The molecule has 1 aromatic heterocycles. The first-order valence-corrected chi connectivity index (χ1v) is 9.05. The van der Waals surface area contributed by atoms with E-state index in [4.69, 9.17) is 9.47 Å². The highest BCUT2D eigenvalue weighted by Crippen LogP contribution is 2.31. The maximum absolute atomic E-state index is 12.9. The van der Waals surface area contributed by atoms with Crippen LogP contribution in [-0.4, -0.2) is 43.1 Å². The van der Waals surface area contributed by atoms with Crippen LogP contribution in [0.2, 0.25) is 0 Å². The fourth-order valence-corrected chi connectivity index (χ4v) is 3.66. The van der Waals surface area contributed by atoms with Gasteiger partial charge >= 0.3 is 0 Å². The number of likely N-dealkylation sites (tertiary alicyclic amines) is 1. The third-order valence-electron chi connectivity index (χ3n) is 5.18. The van der Waals surface area contributed by atoms with E-state index >= 15 is 0 Å². The molecule has 1 fully saturated rings. The Bertz CT molecular complexity index is 986. The van der Waals surface area contributed by atoms with Gasteiger partial charge in [-0.3, -0.25) is 9.78 Å². The Morgan fingerprint density at radius 1 is 1.04 bits per heavy atom. The Morgan fingerprint density at radius 3 is 2.59 bits per heavy atom. The van der Waals surface area contributed by atoms with Gasteiger partial charge in [0.15, 0.2) is 11.5 Å². The zero-order valence-corrected chi connectivity index (χ0v) is 15.5. The third-order valence-corrected chi connectivity index (χ3v) is 5.18. The van der Waals surface area contributed by atoms with E-state index < -0.39 is 0 Å². The minimum Gasteiger partial charge on any atom is -0.493 e. The van der Waals surface area contributed by atoms with E-state index in [1.165, 1.54) is 5.39 Å². The molecule has 2 heterocycles. The van der Waals surface area contributed by atoms with Gasteiger partial charge in [-0.1, -0.05) is 24.3 Å². The summed E-state index contributed by atoms with van der Waals surface area (Å²) in [5.74, 6) is 1.46. The van der Waals surface area contributed by atoms with Crippen LogP contribution in [0, 0.1) is 0 Å². The van der Waals surface area contributed by atoms with Crippen LogP contribution in [0.4, 0.5) is 0 Å². The molecule has 0 bridgehead atoms. The summed E-state index contributed by atoms with van der Waals surface area (Å²) in [6.45, 7) is 1.41. The van der Waals surface area contributed by atoms with E-state index in [0.29, 0.717) is 23.6 Å². The molecule has 0 spiro atoms. The van der Waals surface area contributed by atoms with Crippen LogP contribution in [0.15, 0.2) is 54.7 Å². The number of hydrogen-bond acceptors (Lipinski definition) is 4. The molecule has 5 heteroatoms. The Morgan fingerprint density at radius 2 is 1.81 bits per heavy atom. The molecule has 4 rings (SSSR count). The van der Waals surface area contributed by atoms with Crippen LogP contribution in [0.5, 0.6) is 11.5 Å². The van der Waals surface area contributed by atoms with Crippen molar-refractivity contribution < 1.29 is 14.3 Å². The summed E-state index contributed by atoms with van der Waals surface area (Å²) in [4.78, 5) is 19.4. The molecule has 138 valence electrons. The van der Waals surface area contributed by atoms with Gasteiger partial charge in [0, 0.05) is 41.8 Å². The van der Waals surface area contributed by atoms with Crippen molar-refractivity contribution in [2.75, 3.05) is 27.3 Å². The van der Waals surface area contributed by atoms with Gasteiger partial charge in [-0.2, -0.15) is 0 Å². The Labute approximate surface area is 158 Å². The molecular weight excluding hydrogens is 340 g/mol. The maximum Gasteiger partial charge on any atom is 0.254 e. The Balaban J connectivity index is 1.52. The van der Waals surface area contributed by atoms with Gasteiger partial charge in [0.05, 0.1) is 14.2 Å². The van der Waals surface area contributed by atoms with Gasteiger partial charge in [-0.25, -0.2) is 0 Å². The molecular formula is C22H22N2O3. The first-order chi connectivity index (χ1) is 13.2. The maximum atomic E-state index is 12.9. The number of methoxy groups -OCH3 is 2. The number of hydrogen-bond donors (Lipinski definition) is 0. The van der Waals surface area contributed by atoms with Gasteiger partial charge in [0.1, 0.15) is 0 Å². The van der Waals surface area contributed by atoms with Gasteiger partial charge in [0.25, 0.3) is 5.91 Å². The summed E-state index contributed by atoms with van der Waals surface area (Å²) in [7, 11) is 3.16. The molecule has 0 saturated carbocycles. The van der Waals surface area contributed by atoms with Crippen molar-refractivity contribution >= 4 is 16.7 Å². The number of carbonyl (C=O) groups is 1. The normalized spacial score (nSPS) is 16.5. The summed E-state index contributed by atoms with van der Waals surface area (Å²) in [6, 6.07) is 15.6. The number of rotatable bonds is 4. The predicted molar refractivity (Wildman–Crippen MR) is 105 cm³/mol. The summed E-state index contributed by atoms with van der Waals surface area (Å²) in [5, 5.41) is 2.32. The number of amides is 1. The van der Waals surface area contributed by atoms with Crippen molar-refractivity contribution in [3.63, 3.8) is 0 Å². The fraction of sp³-hybridized carbons (Fsp3) is 0.273. The number of aromatic nitrogens is 1. The van der Waals surface area contributed by atoms with Crippen LogP contribution in [0.25, 0.3) is 10.8 Å². The third kappa shape index (κ3) is 3.33. The smallest absolute Gasteiger partial charge is 0.254 e. The lowest BCUT2D eigenvalue weighted by molar-refractivity contribution is 0.0790. The highest BCUT2D eigenvalue weighted by molar-refractivity contribution is 5.95. The molecule has 1 aliphatic heterocycles. The topological polar surface area (TPSA) is 51.7 Å². The van der Waals surface area contributed by atoms with Gasteiger partial charge in [-0.15, -0.1) is 0 Å². The van der Waals surface area contributed by atoms with Crippen molar-refractivity contribution in [3.8, 4) is 11.5 Å². The van der Waals surface area contributed by atoms with Gasteiger partial charge in [0.2, 0.25) is 0 Å². The van der Waals surface area contributed by atoms with Gasteiger partial charge in [-0.05, 0) is 36.1 Å². The minimum absolute atomic E-state index is 0.0132. The average molecular weight is 362 g/mol. The van der Waals surface area contributed by atoms with Crippen LogP contribution in [-0.2, 0) is 0 Å². The Hall–Kier alpha value is -3.08. The largest absolute Gasteiger partial charge is 0.493 e. The van der Waals surface area contributed by atoms with E-state index in [9.17, 15) is 4.79 Å². The molecule has 2 aromatic carbocycles. The van der Waals surface area contributed by atoms with E-state index in [2.05, 4.69) is 23.2 Å². The monoisotopic (exact) mass is 362 g/mol. The van der Waals surface area contributed by atoms with E-state index in [1.807, 2.05) is 23.2 Å². The number of nitrogens with zero attached hydrogens (tertiary/aromatic N) is 2. The van der Waals surface area contributed by atoms with Crippen molar-refractivity contribution in [1.82, 2.24) is 9.88 Å². The summed E-state index contributed by atoms with van der Waals surface area (Å²) >= 11 is 0. The standard InChI is InChI=1S/C22H22N2O3/c1-26-20-8-7-16(12-21(20)27-2)22(25)24-10-9-18(14-24)19-11-15-5-3-4-6-17(15)13-23-19/h3-8,11-13,18H,9-10,14H2,1-2H3/t18-/m0/s1. The molecule has 0 N–H and O–H groups in total. The molecule has 27 heavy (non-hydrogen) atoms. The lowest BCUT2D eigenvalue weighted by Crippen LogP contribution is -2.28. The molecule has 1 atom stereocenters. The lowest BCUT2D eigenvalue weighted by Gasteiger charge is -2.18. The molecule has 1 amide bonds. The van der Waals surface area contributed by atoms with Crippen molar-refractivity contribution in [1.29, 1.82) is 0 Å². The van der Waals surface area contributed by atoms with Crippen LogP contribution in [0.3, 0.4) is 0 Å². The Kier molecular flexibility index (Phi) is 4.67. The lowest BCUT2D eigenvalue weighted by atomic mass is 10.0. The quantitative estimate of drug-likeness (QED) is 0.707. The van der Waals surface area contributed by atoms with Crippen molar-refractivity contribution in [2.45, 2.75) is 12.3 Å². The summed E-state index contributed by atoms with van der Waals surface area (Å²) in [5.41, 5.74) is 1.66. The van der Waals surface area contributed by atoms with E-state index in [0.717, 1.165) is 24.0 Å². The average Bonchev–Trinajstić information content (AvgIpc) is 3.22. The summed E-state index contributed by atoms with van der Waals surface area (Å²) in [6.07, 6.45) is 2.84. The molecule has 0 radical (unpaired) electrons. The first kappa shape index (κ1) is 17.3. The number of benzene rings is 2. The number of ether oxygens (including phenoxy) is 2. The number of fused-ring (bicyclic) bond motifs is 1. The molecule has 0 unspecified atom stereocenters. The van der Waals surface area contributed by atoms with Crippen LogP contribution >= 0.6 is 0 Å². The second-order valence-electron chi connectivity index (χ2n) is 6.76. The van der Waals surface area contributed by atoms with Crippen molar-refractivity contribution in [2.24, 2.45) is 0 Å². The second kappa shape index (κ2) is 7.27. The molecule has 1 aliphatic rings. The molecule has 0 aliphatic carbocycles. The first-order valence-electron chi connectivity index (χ1n) is 9.05. The SMILES string of the molecule is COc1ccc(C(=O)N2CC[C@H](c3cc4ccccc4cn3)C2)cc1OC. The molecule has 5 nitrogen and oxygen atoms in total.